The minimum Gasteiger partial charge on any atom is -0.506 e. The van der Waals surface area contributed by atoms with Crippen LogP contribution in [0.4, 0.5) is 0 Å². The van der Waals surface area contributed by atoms with Crippen LogP contribution >= 0.6 is 11.6 Å². The summed E-state index contributed by atoms with van der Waals surface area (Å²) in [4.78, 5) is 0.0299. The molecule has 1 aliphatic heterocycles. The van der Waals surface area contributed by atoms with Gasteiger partial charge in [-0.15, -0.1) is 0 Å². The Morgan fingerprint density at radius 1 is 0.964 bits per heavy atom. The second kappa shape index (κ2) is 6.98. The molecule has 0 bridgehead atoms. The van der Waals surface area contributed by atoms with Crippen molar-refractivity contribution in [2.75, 3.05) is 0 Å². The summed E-state index contributed by atoms with van der Waals surface area (Å²) >= 11 is 6.10. The minimum absolute atomic E-state index is 0.00204. The molecule has 0 unspecified atom stereocenters. The third-order valence-electron chi connectivity index (χ3n) is 4.57. The molecule has 0 radical (unpaired) electrons. The third kappa shape index (κ3) is 3.49. The van der Waals surface area contributed by atoms with Crippen LogP contribution in [0.15, 0.2) is 71.6 Å². The van der Waals surface area contributed by atoms with E-state index in [1.807, 2.05) is 24.3 Å². The van der Waals surface area contributed by atoms with Crippen molar-refractivity contribution >= 4 is 33.0 Å². The van der Waals surface area contributed by atoms with Gasteiger partial charge < -0.3 is 9.84 Å². The maximum Gasteiger partial charge on any atom is 0.238 e. The van der Waals surface area contributed by atoms with E-state index in [-0.39, 0.29) is 15.7 Å². The van der Waals surface area contributed by atoms with Crippen molar-refractivity contribution < 1.29 is 18.3 Å². The first-order chi connectivity index (χ1) is 13.3. The molecule has 1 aliphatic rings. The smallest absolute Gasteiger partial charge is 0.238 e. The molecule has 0 amide bonds. The molecule has 3 aromatic carbocycles. The van der Waals surface area contributed by atoms with E-state index < -0.39 is 10.0 Å². The lowest BCUT2D eigenvalue weighted by atomic mass is 9.92. The van der Waals surface area contributed by atoms with Crippen molar-refractivity contribution in [3.63, 3.8) is 0 Å². The van der Waals surface area contributed by atoms with Crippen LogP contribution in [0.3, 0.4) is 0 Å². The summed E-state index contributed by atoms with van der Waals surface area (Å²) in [7, 11) is -3.78. The van der Waals surface area contributed by atoms with E-state index in [1.165, 1.54) is 18.2 Å². The van der Waals surface area contributed by atoms with Crippen LogP contribution in [0.5, 0.6) is 11.5 Å². The SMILES string of the molecule is NS(=O)(=O)c1ccc(C2=C(c3ccc(O)c(Cl)c3)Cc3ccccc3O2)cc1. The Balaban J connectivity index is 1.87. The number of sulfonamides is 1. The first-order valence-electron chi connectivity index (χ1n) is 8.44. The summed E-state index contributed by atoms with van der Waals surface area (Å²) in [5, 5.41) is 15.2. The Hall–Kier alpha value is -2.80. The number of phenolic OH excluding ortho intramolecular Hbond substituents is 1. The fourth-order valence-corrected chi connectivity index (χ4v) is 3.84. The molecule has 0 saturated carbocycles. The number of nitrogens with two attached hydrogens (primary N) is 1. The summed E-state index contributed by atoms with van der Waals surface area (Å²) in [5.74, 6) is 1.34. The molecule has 0 fully saturated rings. The van der Waals surface area contributed by atoms with Gasteiger partial charge in [0.1, 0.15) is 17.3 Å². The number of hydrogen-bond donors (Lipinski definition) is 2. The van der Waals surface area contributed by atoms with Gasteiger partial charge in [0.05, 0.1) is 9.92 Å². The average molecular weight is 414 g/mol. The number of para-hydroxylation sites is 1. The quantitative estimate of drug-likeness (QED) is 0.673. The first-order valence-corrected chi connectivity index (χ1v) is 10.4. The molecule has 28 heavy (non-hydrogen) atoms. The van der Waals surface area contributed by atoms with Gasteiger partial charge in [0.15, 0.2) is 0 Å². The van der Waals surface area contributed by atoms with Gasteiger partial charge in [0.25, 0.3) is 0 Å². The minimum atomic E-state index is -3.78. The van der Waals surface area contributed by atoms with Crippen molar-refractivity contribution in [3.8, 4) is 11.5 Å². The van der Waals surface area contributed by atoms with Crippen LogP contribution < -0.4 is 9.88 Å². The Morgan fingerprint density at radius 2 is 1.64 bits per heavy atom. The lowest BCUT2D eigenvalue weighted by Gasteiger charge is -2.24. The molecule has 4 rings (SSSR count). The molecular weight excluding hydrogens is 398 g/mol. The predicted octanol–water partition coefficient (Wildman–Crippen LogP) is 4.20. The third-order valence-corrected chi connectivity index (χ3v) is 5.80. The Bertz CT molecular complexity index is 1200. The van der Waals surface area contributed by atoms with Gasteiger partial charge in [-0.05, 0) is 53.6 Å². The Labute approximate surface area is 167 Å². The van der Waals surface area contributed by atoms with Gasteiger partial charge in [0.2, 0.25) is 10.0 Å². The lowest BCUT2D eigenvalue weighted by molar-refractivity contribution is 0.475. The van der Waals surface area contributed by atoms with Crippen LogP contribution in [-0.2, 0) is 16.4 Å². The van der Waals surface area contributed by atoms with Gasteiger partial charge in [-0.1, -0.05) is 35.9 Å². The average Bonchev–Trinajstić information content (AvgIpc) is 2.68. The first kappa shape index (κ1) is 18.6. The fourth-order valence-electron chi connectivity index (χ4n) is 3.15. The molecule has 0 saturated heterocycles. The number of allylic oxidation sites excluding steroid dienone is 1. The van der Waals surface area contributed by atoms with Crippen LogP contribution in [0.25, 0.3) is 11.3 Å². The summed E-state index contributed by atoms with van der Waals surface area (Å²) in [6.45, 7) is 0. The molecule has 7 heteroatoms. The number of benzene rings is 3. The fraction of sp³-hybridized carbons (Fsp3) is 0.0476. The van der Waals surface area contributed by atoms with E-state index in [9.17, 15) is 13.5 Å². The molecular formula is C21H16ClNO4S. The van der Waals surface area contributed by atoms with E-state index in [0.29, 0.717) is 17.7 Å². The zero-order chi connectivity index (χ0) is 19.9. The maximum atomic E-state index is 11.5. The number of fused-ring (bicyclic) bond motifs is 1. The van der Waals surface area contributed by atoms with E-state index in [4.69, 9.17) is 21.5 Å². The molecule has 3 N–H and O–H groups in total. The zero-order valence-corrected chi connectivity index (χ0v) is 16.2. The topological polar surface area (TPSA) is 89.6 Å². The maximum absolute atomic E-state index is 11.5. The van der Waals surface area contributed by atoms with E-state index in [1.54, 1.807) is 24.3 Å². The van der Waals surface area contributed by atoms with Crippen LogP contribution in [0.2, 0.25) is 5.02 Å². The number of ether oxygens (including phenoxy) is 1. The van der Waals surface area contributed by atoms with Crippen molar-refractivity contribution in [1.82, 2.24) is 0 Å². The van der Waals surface area contributed by atoms with Crippen molar-refractivity contribution in [3.05, 3.63) is 88.4 Å². The number of halogens is 1. The van der Waals surface area contributed by atoms with Gasteiger partial charge in [0, 0.05) is 17.6 Å². The highest BCUT2D eigenvalue weighted by Gasteiger charge is 2.23. The molecule has 1 heterocycles. The second-order valence-corrected chi connectivity index (χ2v) is 8.40. The number of primary sulfonamides is 1. The largest absolute Gasteiger partial charge is 0.506 e. The van der Waals surface area contributed by atoms with Crippen molar-refractivity contribution in [2.24, 2.45) is 5.14 Å². The molecule has 3 aromatic rings. The summed E-state index contributed by atoms with van der Waals surface area (Å²) in [5.41, 5.74) is 3.42. The summed E-state index contributed by atoms with van der Waals surface area (Å²) in [6, 6.07) is 18.9. The molecule has 0 aromatic heterocycles. The Kier molecular flexibility index (Phi) is 4.63. The highest BCUT2D eigenvalue weighted by molar-refractivity contribution is 7.89. The van der Waals surface area contributed by atoms with E-state index in [2.05, 4.69) is 0 Å². The molecule has 0 spiro atoms. The molecule has 5 nitrogen and oxygen atoms in total. The lowest BCUT2D eigenvalue weighted by Crippen LogP contribution is -2.12. The highest BCUT2D eigenvalue weighted by Crippen LogP contribution is 2.40. The zero-order valence-electron chi connectivity index (χ0n) is 14.6. The number of hydrogen-bond acceptors (Lipinski definition) is 4. The van der Waals surface area contributed by atoms with Crippen LogP contribution in [0.1, 0.15) is 16.7 Å². The second-order valence-electron chi connectivity index (χ2n) is 6.43. The summed E-state index contributed by atoms with van der Waals surface area (Å²) in [6.07, 6.45) is 0.601. The Morgan fingerprint density at radius 3 is 2.32 bits per heavy atom. The predicted molar refractivity (Wildman–Crippen MR) is 109 cm³/mol. The molecule has 0 aliphatic carbocycles. The normalized spacial score (nSPS) is 13.8. The number of aromatic hydroxyl groups is 1. The number of phenols is 1. The standard InChI is InChI=1S/C21H16ClNO4S/c22-18-12-14(7-10-19(18)24)17-11-15-3-1-2-4-20(15)27-21(17)13-5-8-16(9-6-13)28(23,25)26/h1-10,12,24H,11H2,(H2,23,25,26). The monoisotopic (exact) mass is 413 g/mol. The van der Waals surface area contributed by atoms with Gasteiger partial charge >= 0.3 is 0 Å². The molecule has 142 valence electrons. The highest BCUT2D eigenvalue weighted by atomic mass is 35.5. The van der Waals surface area contributed by atoms with Gasteiger partial charge in [-0.2, -0.15) is 0 Å². The summed E-state index contributed by atoms with van der Waals surface area (Å²) < 4.78 is 29.2. The van der Waals surface area contributed by atoms with Crippen molar-refractivity contribution in [2.45, 2.75) is 11.3 Å². The van der Waals surface area contributed by atoms with E-state index in [0.717, 1.165) is 22.4 Å². The van der Waals surface area contributed by atoms with Crippen LogP contribution in [0, 0.1) is 0 Å². The van der Waals surface area contributed by atoms with Crippen LogP contribution in [-0.4, -0.2) is 13.5 Å². The molecule has 0 atom stereocenters. The van der Waals surface area contributed by atoms with Gasteiger partial charge in [-0.3, -0.25) is 0 Å². The van der Waals surface area contributed by atoms with Gasteiger partial charge in [-0.25, -0.2) is 13.6 Å². The van der Waals surface area contributed by atoms with Crippen molar-refractivity contribution in [1.29, 1.82) is 0 Å². The number of rotatable bonds is 3. The van der Waals surface area contributed by atoms with E-state index >= 15 is 0 Å².